The van der Waals surface area contributed by atoms with Gasteiger partial charge in [-0.15, -0.1) is 0 Å². The predicted molar refractivity (Wildman–Crippen MR) is 76.2 cm³/mol. The standard InChI is InChI=1S/C13H26N2OS/c1-10(2)8-15(7-6-13(14)17)9-12-5-4-11(3)16-12/h10-12H,4-9H2,1-3H3,(H2,14,17). The average Bonchev–Trinajstić information content (AvgIpc) is 2.59. The molecule has 0 amide bonds. The summed E-state index contributed by atoms with van der Waals surface area (Å²) in [7, 11) is 0. The molecule has 1 saturated heterocycles. The van der Waals surface area contributed by atoms with E-state index in [1.54, 1.807) is 0 Å². The normalized spacial score (nSPS) is 24.8. The van der Waals surface area contributed by atoms with Gasteiger partial charge in [-0.05, 0) is 25.7 Å². The van der Waals surface area contributed by atoms with Gasteiger partial charge in [-0.3, -0.25) is 0 Å². The van der Waals surface area contributed by atoms with Crippen molar-refractivity contribution in [3.05, 3.63) is 0 Å². The van der Waals surface area contributed by atoms with E-state index in [0.717, 1.165) is 26.1 Å². The van der Waals surface area contributed by atoms with Gasteiger partial charge >= 0.3 is 0 Å². The molecule has 0 bridgehead atoms. The molecule has 1 aliphatic rings. The third kappa shape index (κ3) is 6.34. The van der Waals surface area contributed by atoms with Gasteiger partial charge in [0.05, 0.1) is 17.2 Å². The minimum absolute atomic E-state index is 0.398. The lowest BCUT2D eigenvalue weighted by Crippen LogP contribution is -2.37. The summed E-state index contributed by atoms with van der Waals surface area (Å²) in [6.07, 6.45) is 4.01. The fraction of sp³-hybridized carbons (Fsp3) is 0.923. The van der Waals surface area contributed by atoms with Crippen LogP contribution in [0.4, 0.5) is 0 Å². The third-order valence-corrected chi connectivity index (χ3v) is 3.28. The first-order valence-electron chi connectivity index (χ1n) is 6.63. The van der Waals surface area contributed by atoms with Crippen molar-refractivity contribution in [2.75, 3.05) is 19.6 Å². The highest BCUT2D eigenvalue weighted by atomic mass is 32.1. The van der Waals surface area contributed by atoms with E-state index >= 15 is 0 Å². The second kappa shape index (κ2) is 7.29. The number of hydrogen-bond acceptors (Lipinski definition) is 3. The van der Waals surface area contributed by atoms with E-state index in [4.69, 9.17) is 22.7 Å². The number of thiocarbonyl (C=S) groups is 1. The molecule has 1 fully saturated rings. The summed E-state index contributed by atoms with van der Waals surface area (Å²) in [6, 6.07) is 0. The molecule has 3 nitrogen and oxygen atoms in total. The fourth-order valence-electron chi connectivity index (χ4n) is 2.35. The van der Waals surface area contributed by atoms with Crippen LogP contribution in [-0.4, -0.2) is 41.7 Å². The molecule has 100 valence electrons. The molecule has 4 heteroatoms. The maximum Gasteiger partial charge on any atom is 0.0740 e. The highest BCUT2D eigenvalue weighted by Gasteiger charge is 2.24. The lowest BCUT2D eigenvalue weighted by Gasteiger charge is -2.26. The minimum atomic E-state index is 0.398. The van der Waals surface area contributed by atoms with E-state index in [-0.39, 0.29) is 0 Å². The van der Waals surface area contributed by atoms with Crippen LogP contribution >= 0.6 is 12.2 Å². The van der Waals surface area contributed by atoms with Crippen LogP contribution < -0.4 is 5.73 Å². The predicted octanol–water partition coefficient (Wildman–Crippen LogP) is 2.19. The summed E-state index contributed by atoms with van der Waals surface area (Å²) in [4.78, 5) is 3.05. The van der Waals surface area contributed by atoms with E-state index in [1.807, 2.05) is 0 Å². The Morgan fingerprint density at radius 2 is 2.18 bits per heavy atom. The SMILES string of the molecule is CC(C)CN(CCC(N)=S)CC1CCC(C)O1. The molecular formula is C13H26N2OS. The number of ether oxygens (including phenoxy) is 1. The van der Waals surface area contributed by atoms with Crippen LogP contribution in [0.2, 0.25) is 0 Å². The second-order valence-corrected chi connectivity index (χ2v) is 6.04. The Kier molecular flexibility index (Phi) is 6.38. The van der Waals surface area contributed by atoms with Crippen LogP contribution in [0.5, 0.6) is 0 Å². The Morgan fingerprint density at radius 1 is 1.47 bits per heavy atom. The van der Waals surface area contributed by atoms with E-state index in [1.165, 1.54) is 12.8 Å². The maximum atomic E-state index is 5.87. The van der Waals surface area contributed by atoms with E-state index in [9.17, 15) is 0 Å². The van der Waals surface area contributed by atoms with Gasteiger partial charge in [-0.2, -0.15) is 0 Å². The average molecular weight is 258 g/mol. The molecule has 0 saturated carbocycles. The van der Waals surface area contributed by atoms with Crippen molar-refractivity contribution in [3.8, 4) is 0 Å². The van der Waals surface area contributed by atoms with Gasteiger partial charge < -0.3 is 15.4 Å². The Balaban J connectivity index is 2.36. The molecule has 0 radical (unpaired) electrons. The molecular weight excluding hydrogens is 232 g/mol. The Labute approximate surface area is 111 Å². The quantitative estimate of drug-likeness (QED) is 0.711. The van der Waals surface area contributed by atoms with Gasteiger partial charge in [0, 0.05) is 26.1 Å². The van der Waals surface area contributed by atoms with Crippen LogP contribution in [0.1, 0.15) is 40.0 Å². The molecule has 0 aromatic carbocycles. The van der Waals surface area contributed by atoms with Gasteiger partial charge in [0.25, 0.3) is 0 Å². The number of nitrogens with zero attached hydrogens (tertiary/aromatic N) is 1. The summed E-state index contributed by atoms with van der Waals surface area (Å²) >= 11 is 4.95. The zero-order valence-corrected chi connectivity index (χ0v) is 12.1. The van der Waals surface area contributed by atoms with Crippen molar-refractivity contribution >= 4 is 17.2 Å². The van der Waals surface area contributed by atoms with Crippen molar-refractivity contribution < 1.29 is 4.74 Å². The first-order valence-corrected chi connectivity index (χ1v) is 7.04. The summed E-state index contributed by atoms with van der Waals surface area (Å²) in [5, 5.41) is 0. The molecule has 2 unspecified atom stereocenters. The minimum Gasteiger partial charge on any atom is -0.393 e. The van der Waals surface area contributed by atoms with E-state index < -0.39 is 0 Å². The summed E-state index contributed by atoms with van der Waals surface area (Å²) in [6.45, 7) is 9.71. The maximum absolute atomic E-state index is 5.87. The molecule has 1 aliphatic heterocycles. The molecule has 1 heterocycles. The zero-order valence-electron chi connectivity index (χ0n) is 11.3. The molecule has 0 aromatic rings. The first-order chi connectivity index (χ1) is 7.97. The van der Waals surface area contributed by atoms with Gasteiger partial charge in [-0.25, -0.2) is 0 Å². The Bertz CT molecular complexity index is 246. The summed E-state index contributed by atoms with van der Waals surface area (Å²) in [5.41, 5.74) is 5.58. The number of nitrogens with two attached hydrogens (primary N) is 1. The molecule has 0 aromatic heterocycles. The topological polar surface area (TPSA) is 38.5 Å². The Morgan fingerprint density at radius 3 is 2.65 bits per heavy atom. The fourth-order valence-corrected chi connectivity index (χ4v) is 2.44. The van der Waals surface area contributed by atoms with Crippen molar-refractivity contribution in [1.82, 2.24) is 4.90 Å². The van der Waals surface area contributed by atoms with Crippen LogP contribution in [0.25, 0.3) is 0 Å². The Hall–Kier alpha value is -0.190. The number of rotatable bonds is 7. The monoisotopic (exact) mass is 258 g/mol. The lowest BCUT2D eigenvalue weighted by molar-refractivity contribution is 0.0297. The van der Waals surface area contributed by atoms with Crippen molar-refractivity contribution in [2.45, 2.75) is 52.2 Å². The first kappa shape index (κ1) is 14.9. The van der Waals surface area contributed by atoms with E-state index in [2.05, 4.69) is 25.7 Å². The lowest BCUT2D eigenvalue weighted by atomic mass is 10.1. The molecule has 17 heavy (non-hydrogen) atoms. The van der Waals surface area contributed by atoms with Crippen molar-refractivity contribution in [2.24, 2.45) is 11.7 Å². The molecule has 2 N–H and O–H groups in total. The second-order valence-electron chi connectivity index (χ2n) is 5.52. The zero-order chi connectivity index (χ0) is 12.8. The van der Waals surface area contributed by atoms with Crippen LogP contribution in [0.3, 0.4) is 0 Å². The molecule has 0 aliphatic carbocycles. The van der Waals surface area contributed by atoms with Crippen LogP contribution in [0.15, 0.2) is 0 Å². The molecule has 1 rings (SSSR count). The number of hydrogen-bond donors (Lipinski definition) is 1. The smallest absolute Gasteiger partial charge is 0.0740 e. The highest BCUT2D eigenvalue weighted by Crippen LogP contribution is 2.20. The summed E-state index contributed by atoms with van der Waals surface area (Å²) in [5.74, 6) is 0.667. The van der Waals surface area contributed by atoms with Crippen molar-refractivity contribution in [3.63, 3.8) is 0 Å². The van der Waals surface area contributed by atoms with Gasteiger partial charge in [0.1, 0.15) is 0 Å². The molecule has 2 atom stereocenters. The van der Waals surface area contributed by atoms with Crippen LogP contribution in [0, 0.1) is 5.92 Å². The van der Waals surface area contributed by atoms with E-state index in [0.29, 0.717) is 23.1 Å². The van der Waals surface area contributed by atoms with Gasteiger partial charge in [0.2, 0.25) is 0 Å². The largest absolute Gasteiger partial charge is 0.393 e. The molecule has 0 spiro atoms. The third-order valence-electron chi connectivity index (χ3n) is 3.08. The summed E-state index contributed by atoms with van der Waals surface area (Å²) < 4.78 is 5.87. The van der Waals surface area contributed by atoms with Gasteiger partial charge in [-0.1, -0.05) is 26.1 Å². The highest BCUT2D eigenvalue weighted by molar-refractivity contribution is 7.80. The van der Waals surface area contributed by atoms with Gasteiger partial charge in [0.15, 0.2) is 0 Å². The van der Waals surface area contributed by atoms with Crippen LogP contribution in [-0.2, 0) is 4.74 Å². The van der Waals surface area contributed by atoms with Crippen molar-refractivity contribution in [1.29, 1.82) is 0 Å².